The molecule has 0 fully saturated rings. The highest BCUT2D eigenvalue weighted by molar-refractivity contribution is 5.82. The number of aliphatic carboxylic acids is 1. The van der Waals surface area contributed by atoms with Crippen molar-refractivity contribution in [3.63, 3.8) is 0 Å². The van der Waals surface area contributed by atoms with Gasteiger partial charge in [0.05, 0.1) is 5.56 Å². The van der Waals surface area contributed by atoms with Crippen LogP contribution >= 0.6 is 0 Å². The molecular formula is C11H11F3N2O3. The third-order valence-corrected chi connectivity index (χ3v) is 2.24. The van der Waals surface area contributed by atoms with E-state index in [1.807, 2.05) is 0 Å². The number of hydrogen-bond donors (Lipinski definition) is 2. The van der Waals surface area contributed by atoms with Crippen molar-refractivity contribution in [1.82, 2.24) is 10.3 Å². The van der Waals surface area contributed by atoms with Crippen molar-refractivity contribution in [3.8, 4) is 0 Å². The number of alkyl halides is 3. The van der Waals surface area contributed by atoms with E-state index in [4.69, 9.17) is 5.11 Å². The van der Waals surface area contributed by atoms with Crippen LogP contribution in [0.2, 0.25) is 0 Å². The molecule has 1 rings (SSSR count). The van der Waals surface area contributed by atoms with Crippen molar-refractivity contribution < 1.29 is 27.9 Å². The minimum Gasteiger partial charge on any atom is -0.480 e. The lowest BCUT2D eigenvalue weighted by atomic mass is 10.1. The van der Waals surface area contributed by atoms with Gasteiger partial charge in [-0.25, -0.2) is 4.79 Å². The van der Waals surface area contributed by atoms with Gasteiger partial charge in [0.25, 0.3) is 0 Å². The maximum atomic E-state index is 12.4. The van der Waals surface area contributed by atoms with Crippen LogP contribution in [0.5, 0.6) is 0 Å². The number of hydrogen-bond acceptors (Lipinski definition) is 3. The van der Waals surface area contributed by atoms with Crippen LogP contribution in [0, 0.1) is 0 Å². The maximum absolute atomic E-state index is 12.4. The molecule has 0 radical (unpaired) electrons. The van der Waals surface area contributed by atoms with Crippen LogP contribution in [-0.2, 0) is 22.2 Å². The fourth-order valence-corrected chi connectivity index (χ4v) is 1.44. The number of nitrogens with zero attached hydrogens (tertiary/aromatic N) is 1. The number of carboxylic acids is 1. The topological polar surface area (TPSA) is 79.3 Å². The van der Waals surface area contributed by atoms with Gasteiger partial charge >= 0.3 is 12.1 Å². The van der Waals surface area contributed by atoms with Gasteiger partial charge in [-0.1, -0.05) is 0 Å². The largest absolute Gasteiger partial charge is 0.480 e. The first kappa shape index (κ1) is 14.9. The maximum Gasteiger partial charge on any atom is 0.417 e. The fraction of sp³-hybridized carbons (Fsp3) is 0.364. The summed E-state index contributed by atoms with van der Waals surface area (Å²) >= 11 is 0. The average Bonchev–Trinajstić information content (AvgIpc) is 2.26. The molecule has 0 aliphatic rings. The lowest BCUT2D eigenvalue weighted by Gasteiger charge is -2.14. The molecule has 0 aliphatic heterocycles. The van der Waals surface area contributed by atoms with Gasteiger partial charge in [0, 0.05) is 25.7 Å². The quantitative estimate of drug-likeness (QED) is 0.867. The van der Waals surface area contributed by atoms with Crippen LogP contribution in [0.1, 0.15) is 18.1 Å². The van der Waals surface area contributed by atoms with Crippen LogP contribution in [0.15, 0.2) is 18.5 Å². The SMILES string of the molecule is CC(=O)NC(Cc1cncc(C(F)(F)F)c1)C(=O)O. The lowest BCUT2D eigenvalue weighted by Crippen LogP contribution is -2.41. The molecule has 1 heterocycles. The van der Waals surface area contributed by atoms with Crippen LogP contribution in [0.25, 0.3) is 0 Å². The normalized spacial score (nSPS) is 12.8. The Hall–Kier alpha value is -2.12. The smallest absolute Gasteiger partial charge is 0.417 e. The van der Waals surface area contributed by atoms with E-state index >= 15 is 0 Å². The molecule has 19 heavy (non-hydrogen) atoms. The summed E-state index contributed by atoms with van der Waals surface area (Å²) in [7, 11) is 0. The second-order valence-corrected chi connectivity index (χ2v) is 3.88. The Kier molecular flexibility index (Phi) is 4.47. The number of halogens is 3. The zero-order valence-electron chi connectivity index (χ0n) is 9.86. The number of carbonyl (C=O) groups is 2. The first-order chi connectivity index (χ1) is 8.70. The fourth-order valence-electron chi connectivity index (χ4n) is 1.44. The highest BCUT2D eigenvalue weighted by atomic mass is 19.4. The predicted octanol–water partition coefficient (Wildman–Crippen LogP) is 1.23. The molecule has 1 amide bonds. The lowest BCUT2D eigenvalue weighted by molar-refractivity contribution is -0.141. The Balaban J connectivity index is 2.91. The molecule has 0 aliphatic carbocycles. The molecule has 8 heteroatoms. The van der Waals surface area contributed by atoms with E-state index in [0.717, 1.165) is 19.2 Å². The van der Waals surface area contributed by atoms with Crippen molar-refractivity contribution >= 4 is 11.9 Å². The third kappa shape index (κ3) is 4.57. The number of aromatic nitrogens is 1. The van der Waals surface area contributed by atoms with Gasteiger partial charge in [-0.3, -0.25) is 9.78 Å². The van der Waals surface area contributed by atoms with Crippen LogP contribution in [0.4, 0.5) is 13.2 Å². The Bertz CT molecular complexity index is 488. The summed E-state index contributed by atoms with van der Waals surface area (Å²) in [5.74, 6) is -1.90. The standard InChI is InChI=1S/C11H11F3N2O3/c1-6(17)16-9(10(18)19)3-7-2-8(5-15-4-7)11(12,13)14/h2,4-5,9H,3H2,1H3,(H,16,17)(H,18,19). The predicted molar refractivity (Wildman–Crippen MR) is 58.2 cm³/mol. The van der Waals surface area contributed by atoms with Gasteiger partial charge in [-0.05, 0) is 11.6 Å². The van der Waals surface area contributed by atoms with Crippen molar-refractivity contribution in [1.29, 1.82) is 0 Å². The molecule has 1 unspecified atom stereocenters. The Morgan fingerprint density at radius 1 is 1.42 bits per heavy atom. The summed E-state index contributed by atoms with van der Waals surface area (Å²) in [5, 5.41) is 11.0. The monoisotopic (exact) mass is 276 g/mol. The van der Waals surface area contributed by atoms with Gasteiger partial charge in [-0.15, -0.1) is 0 Å². The summed E-state index contributed by atoms with van der Waals surface area (Å²) < 4.78 is 37.3. The van der Waals surface area contributed by atoms with Crippen molar-refractivity contribution in [2.75, 3.05) is 0 Å². The number of carboxylic acid groups (broad SMARTS) is 1. The first-order valence-electron chi connectivity index (χ1n) is 5.21. The second-order valence-electron chi connectivity index (χ2n) is 3.88. The van der Waals surface area contributed by atoms with E-state index < -0.39 is 29.7 Å². The van der Waals surface area contributed by atoms with E-state index in [0.29, 0.717) is 6.20 Å². The first-order valence-corrected chi connectivity index (χ1v) is 5.21. The minimum atomic E-state index is -4.55. The van der Waals surface area contributed by atoms with E-state index in [1.54, 1.807) is 0 Å². The number of amides is 1. The molecule has 0 spiro atoms. The van der Waals surface area contributed by atoms with Gasteiger partial charge in [0.15, 0.2) is 0 Å². The molecule has 0 aromatic carbocycles. The van der Waals surface area contributed by atoms with E-state index in [2.05, 4.69) is 10.3 Å². The van der Waals surface area contributed by atoms with Gasteiger partial charge in [-0.2, -0.15) is 13.2 Å². The summed E-state index contributed by atoms with van der Waals surface area (Å²) in [6.07, 6.45) is -3.04. The van der Waals surface area contributed by atoms with Gasteiger partial charge in [0.1, 0.15) is 6.04 Å². The highest BCUT2D eigenvalue weighted by Gasteiger charge is 2.31. The Morgan fingerprint density at radius 3 is 2.53 bits per heavy atom. The van der Waals surface area contributed by atoms with E-state index in [1.165, 1.54) is 0 Å². The summed E-state index contributed by atoms with van der Waals surface area (Å²) in [6.45, 7) is 1.13. The average molecular weight is 276 g/mol. The zero-order valence-corrected chi connectivity index (χ0v) is 9.86. The molecule has 1 atom stereocenters. The van der Waals surface area contributed by atoms with E-state index in [9.17, 15) is 22.8 Å². The second kappa shape index (κ2) is 5.68. The third-order valence-electron chi connectivity index (χ3n) is 2.24. The van der Waals surface area contributed by atoms with Crippen LogP contribution < -0.4 is 5.32 Å². The molecule has 0 bridgehead atoms. The van der Waals surface area contributed by atoms with Crippen molar-refractivity contribution in [3.05, 3.63) is 29.6 Å². The highest BCUT2D eigenvalue weighted by Crippen LogP contribution is 2.29. The van der Waals surface area contributed by atoms with Crippen molar-refractivity contribution in [2.45, 2.75) is 25.6 Å². The molecule has 2 N–H and O–H groups in total. The Labute approximate surface area is 106 Å². The molecule has 104 valence electrons. The molecule has 0 saturated carbocycles. The van der Waals surface area contributed by atoms with Gasteiger partial charge in [0.2, 0.25) is 5.91 Å². The zero-order chi connectivity index (χ0) is 14.6. The van der Waals surface area contributed by atoms with Crippen molar-refractivity contribution in [2.24, 2.45) is 0 Å². The summed E-state index contributed by atoms with van der Waals surface area (Å²) in [6, 6.07) is -0.479. The number of pyridine rings is 1. The molecule has 1 aromatic heterocycles. The minimum absolute atomic E-state index is 0.0796. The molecule has 5 nitrogen and oxygen atoms in total. The number of carbonyl (C=O) groups excluding carboxylic acids is 1. The number of nitrogens with one attached hydrogen (secondary N) is 1. The van der Waals surface area contributed by atoms with Gasteiger partial charge < -0.3 is 10.4 Å². The van der Waals surface area contributed by atoms with Crippen LogP contribution in [-0.4, -0.2) is 28.0 Å². The van der Waals surface area contributed by atoms with Crippen LogP contribution in [0.3, 0.4) is 0 Å². The molecular weight excluding hydrogens is 265 g/mol. The summed E-state index contributed by atoms with van der Waals surface area (Å²) in [4.78, 5) is 25.1. The summed E-state index contributed by atoms with van der Waals surface area (Å²) in [5.41, 5.74) is -0.882. The molecule has 0 saturated heterocycles. The number of rotatable bonds is 4. The molecule has 1 aromatic rings. The van der Waals surface area contributed by atoms with E-state index in [-0.39, 0.29) is 12.0 Å². The Morgan fingerprint density at radius 2 is 2.05 bits per heavy atom.